The summed E-state index contributed by atoms with van der Waals surface area (Å²) in [5.41, 5.74) is 6.05. The maximum Gasteiger partial charge on any atom is 0.226 e. The van der Waals surface area contributed by atoms with Crippen molar-refractivity contribution < 1.29 is 9.90 Å². The standard InChI is InChI=1S/C15H30N2O2/c1-4-14(5-2)17(6-7-18)15(19)12-8-11(3)9-13(16)10-12/h11-14,18H,4-10,16H2,1-3H3. The molecular formula is C15H30N2O2. The second-order valence-corrected chi connectivity index (χ2v) is 5.99. The summed E-state index contributed by atoms with van der Waals surface area (Å²) in [6.45, 7) is 6.86. The number of rotatable bonds is 6. The number of hydrogen-bond donors (Lipinski definition) is 2. The van der Waals surface area contributed by atoms with Crippen molar-refractivity contribution >= 4 is 5.91 Å². The Morgan fingerprint density at radius 3 is 2.42 bits per heavy atom. The van der Waals surface area contributed by atoms with E-state index in [0.717, 1.165) is 32.1 Å². The molecule has 1 saturated carbocycles. The number of nitrogens with zero attached hydrogens (tertiary/aromatic N) is 1. The number of hydrogen-bond acceptors (Lipinski definition) is 3. The normalized spacial score (nSPS) is 27.6. The molecule has 3 N–H and O–H groups in total. The molecule has 0 bridgehead atoms. The number of nitrogens with two attached hydrogens (primary N) is 1. The zero-order valence-corrected chi connectivity index (χ0v) is 12.6. The highest BCUT2D eigenvalue weighted by Gasteiger charge is 2.33. The van der Waals surface area contributed by atoms with Crippen LogP contribution in [0.15, 0.2) is 0 Å². The molecule has 1 aliphatic carbocycles. The molecule has 1 rings (SSSR count). The average Bonchev–Trinajstić information content (AvgIpc) is 2.37. The first-order valence-electron chi connectivity index (χ1n) is 7.70. The molecule has 0 aromatic rings. The van der Waals surface area contributed by atoms with E-state index in [9.17, 15) is 9.90 Å². The van der Waals surface area contributed by atoms with Gasteiger partial charge in [-0.3, -0.25) is 4.79 Å². The molecule has 4 nitrogen and oxygen atoms in total. The minimum atomic E-state index is 0.0383. The van der Waals surface area contributed by atoms with Gasteiger partial charge in [0.05, 0.1) is 6.61 Å². The fourth-order valence-corrected chi connectivity index (χ4v) is 3.40. The minimum Gasteiger partial charge on any atom is -0.395 e. The number of amides is 1. The van der Waals surface area contributed by atoms with E-state index < -0.39 is 0 Å². The third-order valence-electron chi connectivity index (χ3n) is 4.34. The lowest BCUT2D eigenvalue weighted by Gasteiger charge is -2.37. The summed E-state index contributed by atoms with van der Waals surface area (Å²) in [6.07, 6.45) is 4.64. The maximum absolute atomic E-state index is 12.7. The van der Waals surface area contributed by atoms with Gasteiger partial charge in [-0.2, -0.15) is 0 Å². The lowest BCUT2D eigenvalue weighted by molar-refractivity contribution is -0.140. The third-order valence-corrected chi connectivity index (χ3v) is 4.34. The summed E-state index contributed by atoms with van der Waals surface area (Å²) >= 11 is 0. The quantitative estimate of drug-likeness (QED) is 0.773. The topological polar surface area (TPSA) is 66.6 Å². The van der Waals surface area contributed by atoms with Gasteiger partial charge < -0.3 is 15.7 Å². The van der Waals surface area contributed by atoms with Gasteiger partial charge in [-0.1, -0.05) is 20.8 Å². The van der Waals surface area contributed by atoms with Gasteiger partial charge in [-0.15, -0.1) is 0 Å². The Labute approximate surface area is 117 Å². The molecule has 19 heavy (non-hydrogen) atoms. The summed E-state index contributed by atoms with van der Waals surface area (Å²) in [6, 6.07) is 0.392. The molecule has 3 atom stereocenters. The molecule has 1 fully saturated rings. The summed E-state index contributed by atoms with van der Waals surface area (Å²) in [5.74, 6) is 0.769. The summed E-state index contributed by atoms with van der Waals surface area (Å²) < 4.78 is 0. The van der Waals surface area contributed by atoms with Crippen molar-refractivity contribution in [3.8, 4) is 0 Å². The predicted octanol–water partition coefficient (Wildman–Crippen LogP) is 1.76. The van der Waals surface area contributed by atoms with E-state index in [1.807, 2.05) is 4.90 Å². The summed E-state index contributed by atoms with van der Waals surface area (Å²) in [5, 5.41) is 9.21. The van der Waals surface area contributed by atoms with Crippen LogP contribution in [0.5, 0.6) is 0 Å². The van der Waals surface area contributed by atoms with Crippen LogP contribution in [0, 0.1) is 11.8 Å². The number of carbonyl (C=O) groups is 1. The molecule has 0 aliphatic heterocycles. The second kappa shape index (κ2) is 7.85. The van der Waals surface area contributed by atoms with Crippen LogP contribution in [0.4, 0.5) is 0 Å². The van der Waals surface area contributed by atoms with E-state index >= 15 is 0 Å². The van der Waals surface area contributed by atoms with Crippen LogP contribution in [-0.4, -0.2) is 41.1 Å². The van der Waals surface area contributed by atoms with Gasteiger partial charge in [-0.25, -0.2) is 0 Å². The van der Waals surface area contributed by atoms with E-state index in [1.54, 1.807) is 0 Å². The monoisotopic (exact) mass is 270 g/mol. The lowest BCUT2D eigenvalue weighted by atomic mass is 9.79. The first kappa shape index (κ1) is 16.4. The Kier molecular flexibility index (Phi) is 6.80. The molecule has 0 radical (unpaired) electrons. The lowest BCUT2D eigenvalue weighted by Crippen LogP contribution is -2.47. The minimum absolute atomic E-state index is 0.0383. The van der Waals surface area contributed by atoms with Crippen LogP contribution in [0.2, 0.25) is 0 Å². The van der Waals surface area contributed by atoms with E-state index in [-0.39, 0.29) is 30.5 Å². The Morgan fingerprint density at radius 2 is 1.95 bits per heavy atom. The zero-order valence-electron chi connectivity index (χ0n) is 12.6. The molecule has 4 heteroatoms. The van der Waals surface area contributed by atoms with E-state index in [4.69, 9.17) is 5.73 Å². The Bertz CT molecular complexity index is 269. The SMILES string of the molecule is CCC(CC)N(CCO)C(=O)C1CC(C)CC(N)C1. The van der Waals surface area contributed by atoms with Crippen molar-refractivity contribution in [3.05, 3.63) is 0 Å². The molecule has 0 spiro atoms. The maximum atomic E-state index is 12.7. The molecule has 1 aliphatic rings. The van der Waals surface area contributed by atoms with Gasteiger partial charge in [0.25, 0.3) is 0 Å². The zero-order chi connectivity index (χ0) is 14.4. The van der Waals surface area contributed by atoms with E-state index in [2.05, 4.69) is 20.8 Å². The third kappa shape index (κ3) is 4.46. The van der Waals surface area contributed by atoms with E-state index in [0.29, 0.717) is 12.5 Å². The highest BCUT2D eigenvalue weighted by Crippen LogP contribution is 2.30. The number of aliphatic hydroxyl groups excluding tert-OH is 1. The van der Waals surface area contributed by atoms with Crippen molar-refractivity contribution in [2.24, 2.45) is 17.6 Å². The molecule has 112 valence electrons. The summed E-state index contributed by atoms with van der Waals surface area (Å²) in [7, 11) is 0. The van der Waals surface area contributed by atoms with Crippen LogP contribution in [-0.2, 0) is 4.79 Å². The second-order valence-electron chi connectivity index (χ2n) is 5.99. The van der Waals surface area contributed by atoms with Crippen molar-refractivity contribution in [1.29, 1.82) is 0 Å². The first-order valence-corrected chi connectivity index (χ1v) is 7.70. The van der Waals surface area contributed by atoms with Gasteiger partial charge in [0.1, 0.15) is 0 Å². The highest BCUT2D eigenvalue weighted by atomic mass is 16.3. The predicted molar refractivity (Wildman–Crippen MR) is 77.6 cm³/mol. The number of carbonyl (C=O) groups excluding carboxylic acids is 1. The fraction of sp³-hybridized carbons (Fsp3) is 0.933. The highest BCUT2D eigenvalue weighted by molar-refractivity contribution is 5.79. The van der Waals surface area contributed by atoms with Crippen LogP contribution in [0.3, 0.4) is 0 Å². The Hall–Kier alpha value is -0.610. The molecule has 0 aromatic heterocycles. The van der Waals surface area contributed by atoms with Crippen LogP contribution >= 0.6 is 0 Å². The van der Waals surface area contributed by atoms with Gasteiger partial charge in [0.2, 0.25) is 5.91 Å². The molecule has 0 heterocycles. The van der Waals surface area contributed by atoms with E-state index in [1.165, 1.54) is 0 Å². The fourth-order valence-electron chi connectivity index (χ4n) is 3.40. The van der Waals surface area contributed by atoms with Gasteiger partial charge >= 0.3 is 0 Å². The molecule has 0 aromatic carbocycles. The van der Waals surface area contributed by atoms with Crippen LogP contribution < -0.4 is 5.73 Å². The van der Waals surface area contributed by atoms with Gasteiger partial charge in [0.15, 0.2) is 0 Å². The largest absolute Gasteiger partial charge is 0.395 e. The molecule has 1 amide bonds. The molecule has 0 saturated heterocycles. The van der Waals surface area contributed by atoms with Gasteiger partial charge in [0, 0.05) is 24.5 Å². The Balaban J connectivity index is 2.74. The molecule has 3 unspecified atom stereocenters. The van der Waals surface area contributed by atoms with Crippen molar-refractivity contribution in [3.63, 3.8) is 0 Å². The van der Waals surface area contributed by atoms with Crippen molar-refractivity contribution in [2.45, 2.75) is 65.0 Å². The Morgan fingerprint density at radius 1 is 1.32 bits per heavy atom. The number of aliphatic hydroxyl groups is 1. The first-order chi connectivity index (χ1) is 9.03. The average molecular weight is 270 g/mol. The summed E-state index contributed by atoms with van der Waals surface area (Å²) in [4.78, 5) is 14.6. The van der Waals surface area contributed by atoms with Crippen molar-refractivity contribution in [1.82, 2.24) is 4.90 Å². The van der Waals surface area contributed by atoms with Crippen LogP contribution in [0.1, 0.15) is 52.9 Å². The van der Waals surface area contributed by atoms with Crippen molar-refractivity contribution in [2.75, 3.05) is 13.2 Å². The molecular weight excluding hydrogens is 240 g/mol. The van der Waals surface area contributed by atoms with Gasteiger partial charge in [-0.05, 0) is 38.0 Å². The smallest absolute Gasteiger partial charge is 0.226 e. The van der Waals surface area contributed by atoms with Crippen LogP contribution in [0.25, 0.3) is 0 Å².